The largest absolute Gasteiger partial charge is 0.385 e. The van der Waals surface area contributed by atoms with Crippen LogP contribution in [0, 0.1) is 5.92 Å². The number of aromatic nitrogens is 1. The molecule has 1 atom stereocenters. The van der Waals surface area contributed by atoms with Crippen molar-refractivity contribution < 1.29 is 5.11 Å². The number of pyridine rings is 1. The van der Waals surface area contributed by atoms with Crippen LogP contribution in [0.3, 0.4) is 0 Å². The fraction of sp³-hybridized carbons (Fsp3) is 0.545. The molecule has 0 aromatic carbocycles. The van der Waals surface area contributed by atoms with Crippen LogP contribution in [0.4, 0.5) is 0 Å². The van der Waals surface area contributed by atoms with Crippen LogP contribution in [-0.2, 0) is 12.0 Å². The van der Waals surface area contributed by atoms with Crippen molar-refractivity contribution in [2.75, 3.05) is 0 Å². The van der Waals surface area contributed by atoms with Gasteiger partial charge in [0.05, 0.1) is 5.60 Å². The third kappa shape index (κ3) is 1.35. The zero-order chi connectivity index (χ0) is 9.47. The minimum atomic E-state index is -0.586. The van der Waals surface area contributed by atoms with Crippen LogP contribution in [0.15, 0.2) is 18.5 Å². The third-order valence-electron chi connectivity index (χ3n) is 2.64. The van der Waals surface area contributed by atoms with E-state index in [0.29, 0.717) is 5.92 Å². The molecule has 2 rings (SSSR count). The van der Waals surface area contributed by atoms with Gasteiger partial charge in [-0.15, -0.1) is 0 Å². The summed E-state index contributed by atoms with van der Waals surface area (Å²) in [5, 5.41) is 10.2. The van der Waals surface area contributed by atoms with Crippen molar-refractivity contribution >= 4 is 0 Å². The first-order valence-electron chi connectivity index (χ1n) is 4.77. The summed E-state index contributed by atoms with van der Waals surface area (Å²) in [7, 11) is 0. The molecule has 0 spiro atoms. The molecular formula is C11H15NO. The number of rotatable bonds is 2. The van der Waals surface area contributed by atoms with Gasteiger partial charge in [0.15, 0.2) is 0 Å². The second kappa shape index (κ2) is 2.81. The Labute approximate surface area is 78.6 Å². The Kier molecular flexibility index (Phi) is 1.88. The molecule has 0 saturated heterocycles. The van der Waals surface area contributed by atoms with E-state index in [9.17, 15) is 5.11 Å². The van der Waals surface area contributed by atoms with Crippen molar-refractivity contribution in [3.05, 3.63) is 29.6 Å². The van der Waals surface area contributed by atoms with E-state index in [0.717, 1.165) is 18.4 Å². The van der Waals surface area contributed by atoms with Gasteiger partial charge >= 0.3 is 0 Å². The summed E-state index contributed by atoms with van der Waals surface area (Å²) in [5.74, 6) is 0.526. The molecule has 1 aliphatic rings. The van der Waals surface area contributed by atoms with E-state index in [1.54, 1.807) is 12.4 Å². The number of fused-ring (bicyclic) bond motifs is 1. The molecule has 2 nitrogen and oxygen atoms in total. The second-order valence-electron chi connectivity index (χ2n) is 4.34. The van der Waals surface area contributed by atoms with E-state index in [-0.39, 0.29) is 0 Å². The first-order valence-corrected chi connectivity index (χ1v) is 4.77. The molecule has 2 heteroatoms. The van der Waals surface area contributed by atoms with Gasteiger partial charge < -0.3 is 5.11 Å². The first kappa shape index (κ1) is 8.70. The van der Waals surface area contributed by atoms with Gasteiger partial charge in [-0.05, 0) is 24.0 Å². The molecule has 13 heavy (non-hydrogen) atoms. The van der Waals surface area contributed by atoms with Gasteiger partial charge in [-0.25, -0.2) is 0 Å². The molecule has 1 N–H and O–H groups in total. The lowest BCUT2D eigenvalue weighted by Crippen LogP contribution is -2.39. The number of nitrogens with zero attached hydrogens (tertiary/aromatic N) is 1. The minimum absolute atomic E-state index is 0.526. The summed E-state index contributed by atoms with van der Waals surface area (Å²) < 4.78 is 0. The predicted octanol–water partition coefficient (Wildman–Crippen LogP) is 1.87. The van der Waals surface area contributed by atoms with Crippen molar-refractivity contribution in [3.8, 4) is 0 Å². The minimum Gasteiger partial charge on any atom is -0.385 e. The molecular weight excluding hydrogens is 162 g/mol. The molecule has 0 saturated carbocycles. The second-order valence-corrected chi connectivity index (χ2v) is 4.34. The Morgan fingerprint density at radius 3 is 3.00 bits per heavy atom. The standard InChI is InChI=1S/C11H15NO/c1-8(2)5-11(13)6-9-3-4-12-7-10(9)11/h3-4,7-8,13H,5-6H2,1-2H3. The fourth-order valence-corrected chi connectivity index (χ4v) is 2.16. The van der Waals surface area contributed by atoms with Gasteiger partial charge in [0.2, 0.25) is 0 Å². The normalized spacial score (nSPS) is 25.5. The summed E-state index contributed by atoms with van der Waals surface area (Å²) in [6, 6.07) is 1.99. The lowest BCUT2D eigenvalue weighted by atomic mass is 9.70. The highest BCUT2D eigenvalue weighted by atomic mass is 16.3. The van der Waals surface area contributed by atoms with Gasteiger partial charge in [-0.2, -0.15) is 0 Å². The molecule has 1 aromatic rings. The van der Waals surface area contributed by atoms with Crippen LogP contribution in [0.5, 0.6) is 0 Å². The Morgan fingerprint density at radius 2 is 2.38 bits per heavy atom. The van der Waals surface area contributed by atoms with Gasteiger partial charge in [-0.3, -0.25) is 4.98 Å². The van der Waals surface area contributed by atoms with Gasteiger partial charge in [0.1, 0.15) is 0 Å². The molecule has 0 fully saturated rings. The molecule has 1 heterocycles. The highest BCUT2D eigenvalue weighted by Gasteiger charge is 2.40. The van der Waals surface area contributed by atoms with Crippen molar-refractivity contribution in [1.29, 1.82) is 0 Å². The maximum absolute atomic E-state index is 10.2. The van der Waals surface area contributed by atoms with E-state index in [4.69, 9.17) is 0 Å². The van der Waals surface area contributed by atoms with Crippen molar-refractivity contribution in [3.63, 3.8) is 0 Å². The number of aliphatic hydroxyl groups is 1. The van der Waals surface area contributed by atoms with E-state index in [2.05, 4.69) is 18.8 Å². The Morgan fingerprint density at radius 1 is 1.62 bits per heavy atom. The molecule has 0 aliphatic heterocycles. The molecule has 0 bridgehead atoms. The van der Waals surface area contributed by atoms with Gasteiger partial charge in [0, 0.05) is 24.4 Å². The van der Waals surface area contributed by atoms with Crippen LogP contribution < -0.4 is 0 Å². The summed E-state index contributed by atoms with van der Waals surface area (Å²) in [6.45, 7) is 4.26. The van der Waals surface area contributed by atoms with Crippen molar-refractivity contribution in [1.82, 2.24) is 4.98 Å². The van der Waals surface area contributed by atoms with Crippen molar-refractivity contribution in [2.24, 2.45) is 5.92 Å². The average Bonchev–Trinajstić information content (AvgIpc) is 2.02. The monoisotopic (exact) mass is 177 g/mol. The topological polar surface area (TPSA) is 33.1 Å². The van der Waals surface area contributed by atoms with Crippen LogP contribution in [0.25, 0.3) is 0 Å². The van der Waals surface area contributed by atoms with Crippen LogP contribution in [0.1, 0.15) is 31.4 Å². The van der Waals surface area contributed by atoms with Gasteiger partial charge in [0.25, 0.3) is 0 Å². The smallest absolute Gasteiger partial charge is 0.0956 e. The lowest BCUT2D eigenvalue weighted by molar-refractivity contribution is -0.00793. The summed E-state index contributed by atoms with van der Waals surface area (Å²) in [5.41, 5.74) is 1.69. The lowest BCUT2D eigenvalue weighted by Gasteiger charge is -2.40. The van der Waals surface area contributed by atoms with E-state index in [1.165, 1.54) is 5.56 Å². The van der Waals surface area contributed by atoms with Crippen LogP contribution in [-0.4, -0.2) is 10.1 Å². The molecule has 1 aromatic heterocycles. The Balaban J connectivity index is 2.24. The fourth-order valence-electron chi connectivity index (χ4n) is 2.16. The summed E-state index contributed by atoms with van der Waals surface area (Å²) in [4.78, 5) is 4.04. The first-order chi connectivity index (χ1) is 6.12. The van der Waals surface area contributed by atoms with E-state index in [1.807, 2.05) is 6.07 Å². The van der Waals surface area contributed by atoms with Crippen molar-refractivity contribution in [2.45, 2.75) is 32.3 Å². The quantitative estimate of drug-likeness (QED) is 0.748. The van der Waals surface area contributed by atoms with Crippen LogP contribution in [0.2, 0.25) is 0 Å². The Bertz CT molecular complexity index is 322. The molecule has 70 valence electrons. The molecule has 1 aliphatic carbocycles. The van der Waals surface area contributed by atoms with E-state index < -0.39 is 5.60 Å². The number of hydrogen-bond acceptors (Lipinski definition) is 2. The molecule has 0 amide bonds. The van der Waals surface area contributed by atoms with Gasteiger partial charge in [-0.1, -0.05) is 13.8 Å². The summed E-state index contributed by atoms with van der Waals surface area (Å²) in [6.07, 6.45) is 5.21. The zero-order valence-electron chi connectivity index (χ0n) is 8.12. The molecule has 1 unspecified atom stereocenters. The SMILES string of the molecule is CC(C)CC1(O)Cc2ccncc21. The zero-order valence-corrected chi connectivity index (χ0v) is 8.12. The number of hydrogen-bond donors (Lipinski definition) is 1. The predicted molar refractivity (Wildman–Crippen MR) is 51.3 cm³/mol. The maximum atomic E-state index is 10.2. The summed E-state index contributed by atoms with van der Waals surface area (Å²) >= 11 is 0. The van der Waals surface area contributed by atoms with Crippen LogP contribution >= 0.6 is 0 Å². The van der Waals surface area contributed by atoms with E-state index >= 15 is 0 Å². The molecule has 0 radical (unpaired) electrons. The Hall–Kier alpha value is -0.890. The third-order valence-corrected chi connectivity index (χ3v) is 2.64. The maximum Gasteiger partial charge on any atom is 0.0956 e. The average molecular weight is 177 g/mol. The highest BCUT2D eigenvalue weighted by molar-refractivity contribution is 5.40. The highest BCUT2D eigenvalue weighted by Crippen LogP contribution is 2.42.